The van der Waals surface area contributed by atoms with E-state index in [2.05, 4.69) is 35.4 Å². The number of methoxy groups -OCH3 is 1. The van der Waals surface area contributed by atoms with Crippen LogP contribution >= 0.6 is 0 Å². The molecule has 1 atom stereocenters. The molecule has 1 aromatic heterocycles. The van der Waals surface area contributed by atoms with Crippen LogP contribution in [0.4, 0.5) is 5.69 Å². The summed E-state index contributed by atoms with van der Waals surface area (Å²) in [5, 5.41) is 4.17. The standard InChI is InChI=1S/C22H22N2O3/c1-13-6-8-19-17(10-13)18-12-14(7-9-20(18)24-19)21(25)23-16-5-3-4-15(11-16)22(26)27-2/h3-6,8,10-11,14,24H,7,9,12H2,1-2H3,(H,23,25). The second kappa shape index (κ2) is 6.91. The van der Waals surface area contributed by atoms with Crippen molar-refractivity contribution in [2.24, 2.45) is 5.92 Å². The third-order valence-corrected chi connectivity index (χ3v) is 5.27. The maximum absolute atomic E-state index is 12.8. The normalized spacial score (nSPS) is 16.0. The van der Waals surface area contributed by atoms with Gasteiger partial charge in [0.2, 0.25) is 5.91 Å². The van der Waals surface area contributed by atoms with Gasteiger partial charge < -0.3 is 15.0 Å². The lowest BCUT2D eigenvalue weighted by molar-refractivity contribution is -0.120. The van der Waals surface area contributed by atoms with E-state index >= 15 is 0 Å². The number of carbonyl (C=O) groups excluding carboxylic acids is 2. The van der Waals surface area contributed by atoms with Crippen molar-refractivity contribution in [3.63, 3.8) is 0 Å². The largest absolute Gasteiger partial charge is 0.465 e. The minimum absolute atomic E-state index is 0.00957. The fourth-order valence-corrected chi connectivity index (χ4v) is 3.84. The molecule has 1 unspecified atom stereocenters. The van der Waals surface area contributed by atoms with Crippen LogP contribution in [0.2, 0.25) is 0 Å². The number of aromatic amines is 1. The van der Waals surface area contributed by atoms with Crippen molar-refractivity contribution in [3.05, 3.63) is 64.8 Å². The number of aryl methyl sites for hydroxylation is 2. The molecule has 1 heterocycles. The maximum atomic E-state index is 12.8. The lowest BCUT2D eigenvalue weighted by atomic mass is 9.85. The highest BCUT2D eigenvalue weighted by Crippen LogP contribution is 2.32. The number of rotatable bonds is 3. The summed E-state index contributed by atoms with van der Waals surface area (Å²) in [6.45, 7) is 2.08. The molecular formula is C22H22N2O3. The first-order valence-corrected chi connectivity index (χ1v) is 9.14. The van der Waals surface area contributed by atoms with E-state index < -0.39 is 5.97 Å². The average Bonchev–Trinajstić information content (AvgIpc) is 3.04. The average molecular weight is 362 g/mol. The fraction of sp³-hybridized carbons (Fsp3) is 0.273. The molecule has 3 aromatic rings. The summed E-state index contributed by atoms with van der Waals surface area (Å²) < 4.78 is 4.74. The zero-order valence-electron chi connectivity index (χ0n) is 15.5. The molecule has 0 fully saturated rings. The number of esters is 1. The Morgan fingerprint density at radius 2 is 2.04 bits per heavy atom. The van der Waals surface area contributed by atoms with Crippen LogP contribution in [-0.4, -0.2) is 24.0 Å². The minimum atomic E-state index is -0.414. The van der Waals surface area contributed by atoms with E-state index in [1.807, 2.05) is 0 Å². The van der Waals surface area contributed by atoms with Gasteiger partial charge in [-0.25, -0.2) is 4.79 Å². The highest BCUT2D eigenvalue weighted by atomic mass is 16.5. The quantitative estimate of drug-likeness (QED) is 0.692. The lowest BCUT2D eigenvalue weighted by Crippen LogP contribution is -2.28. The van der Waals surface area contributed by atoms with Gasteiger partial charge in [0.1, 0.15) is 0 Å². The molecule has 1 amide bonds. The second-order valence-electron chi connectivity index (χ2n) is 7.13. The van der Waals surface area contributed by atoms with Gasteiger partial charge in [0, 0.05) is 28.2 Å². The Morgan fingerprint density at radius 3 is 2.85 bits per heavy atom. The Bertz CT molecular complexity index is 1040. The zero-order valence-corrected chi connectivity index (χ0v) is 15.5. The summed E-state index contributed by atoms with van der Waals surface area (Å²) in [6.07, 6.45) is 2.39. The molecule has 0 saturated carbocycles. The van der Waals surface area contributed by atoms with Crippen molar-refractivity contribution in [3.8, 4) is 0 Å². The van der Waals surface area contributed by atoms with Gasteiger partial charge >= 0.3 is 5.97 Å². The molecule has 0 aliphatic heterocycles. The molecule has 5 heteroatoms. The van der Waals surface area contributed by atoms with Crippen LogP contribution in [0.1, 0.15) is 33.6 Å². The summed E-state index contributed by atoms with van der Waals surface area (Å²) >= 11 is 0. The van der Waals surface area contributed by atoms with Crippen LogP contribution in [0.15, 0.2) is 42.5 Å². The number of hydrogen-bond acceptors (Lipinski definition) is 3. The maximum Gasteiger partial charge on any atom is 0.337 e. The fourth-order valence-electron chi connectivity index (χ4n) is 3.84. The molecule has 138 valence electrons. The molecule has 5 nitrogen and oxygen atoms in total. The van der Waals surface area contributed by atoms with E-state index in [4.69, 9.17) is 4.74 Å². The predicted octanol–water partition coefficient (Wildman–Crippen LogP) is 4.01. The van der Waals surface area contributed by atoms with Gasteiger partial charge in [-0.05, 0) is 62.1 Å². The molecule has 0 spiro atoms. The molecule has 0 radical (unpaired) electrons. The van der Waals surface area contributed by atoms with Crippen molar-refractivity contribution in [2.45, 2.75) is 26.2 Å². The second-order valence-corrected chi connectivity index (χ2v) is 7.13. The van der Waals surface area contributed by atoms with Crippen LogP contribution in [0.25, 0.3) is 10.9 Å². The van der Waals surface area contributed by atoms with Crippen LogP contribution in [0, 0.1) is 12.8 Å². The number of amides is 1. The Labute approximate surface area is 157 Å². The zero-order chi connectivity index (χ0) is 19.0. The summed E-state index contributed by atoms with van der Waals surface area (Å²) in [6, 6.07) is 13.2. The molecule has 27 heavy (non-hydrogen) atoms. The number of hydrogen-bond donors (Lipinski definition) is 2. The Morgan fingerprint density at radius 1 is 1.19 bits per heavy atom. The molecule has 1 aliphatic carbocycles. The molecule has 2 aromatic carbocycles. The van der Waals surface area contributed by atoms with Crippen molar-refractivity contribution in [1.29, 1.82) is 0 Å². The number of ether oxygens (including phenoxy) is 1. The van der Waals surface area contributed by atoms with E-state index in [9.17, 15) is 9.59 Å². The number of benzene rings is 2. The Balaban J connectivity index is 1.54. The van der Waals surface area contributed by atoms with Crippen molar-refractivity contribution >= 4 is 28.5 Å². The third-order valence-electron chi connectivity index (χ3n) is 5.27. The van der Waals surface area contributed by atoms with Gasteiger partial charge in [-0.15, -0.1) is 0 Å². The Hall–Kier alpha value is -3.08. The Kier molecular flexibility index (Phi) is 4.44. The molecule has 0 saturated heterocycles. The van der Waals surface area contributed by atoms with Crippen molar-refractivity contribution in [1.82, 2.24) is 4.98 Å². The highest BCUT2D eigenvalue weighted by molar-refractivity contribution is 5.96. The number of aromatic nitrogens is 1. The third kappa shape index (κ3) is 3.33. The van der Waals surface area contributed by atoms with Gasteiger partial charge in [-0.3, -0.25) is 4.79 Å². The highest BCUT2D eigenvalue weighted by Gasteiger charge is 2.27. The summed E-state index contributed by atoms with van der Waals surface area (Å²) in [7, 11) is 1.34. The van der Waals surface area contributed by atoms with Gasteiger partial charge in [-0.1, -0.05) is 17.7 Å². The summed E-state index contributed by atoms with van der Waals surface area (Å²) in [5.41, 5.74) is 5.89. The van der Waals surface area contributed by atoms with Gasteiger partial charge in [0.15, 0.2) is 0 Å². The summed E-state index contributed by atoms with van der Waals surface area (Å²) in [4.78, 5) is 28.0. The first-order valence-electron chi connectivity index (χ1n) is 9.14. The number of fused-ring (bicyclic) bond motifs is 3. The number of anilines is 1. The lowest BCUT2D eigenvalue weighted by Gasteiger charge is -2.22. The topological polar surface area (TPSA) is 71.2 Å². The molecule has 2 N–H and O–H groups in total. The van der Waals surface area contributed by atoms with E-state index in [1.165, 1.54) is 29.3 Å². The van der Waals surface area contributed by atoms with Crippen molar-refractivity contribution in [2.75, 3.05) is 12.4 Å². The van der Waals surface area contributed by atoms with E-state index in [1.54, 1.807) is 24.3 Å². The van der Waals surface area contributed by atoms with Gasteiger partial charge in [-0.2, -0.15) is 0 Å². The van der Waals surface area contributed by atoms with Crippen LogP contribution in [-0.2, 0) is 22.4 Å². The first kappa shape index (κ1) is 17.3. The number of nitrogens with one attached hydrogen (secondary N) is 2. The summed E-state index contributed by atoms with van der Waals surface area (Å²) in [5.74, 6) is -0.508. The molecule has 0 bridgehead atoms. The predicted molar refractivity (Wildman–Crippen MR) is 105 cm³/mol. The van der Waals surface area contributed by atoms with E-state index in [0.717, 1.165) is 24.8 Å². The molecule has 1 aliphatic rings. The van der Waals surface area contributed by atoms with E-state index in [0.29, 0.717) is 11.3 Å². The SMILES string of the molecule is COC(=O)c1cccc(NC(=O)C2CCc3[nH]c4ccc(C)cc4c3C2)c1. The molecular weight excluding hydrogens is 340 g/mol. The van der Waals surface area contributed by atoms with E-state index in [-0.39, 0.29) is 11.8 Å². The molecule has 4 rings (SSSR count). The van der Waals surface area contributed by atoms with Gasteiger partial charge in [0.05, 0.1) is 12.7 Å². The van der Waals surface area contributed by atoms with Gasteiger partial charge in [0.25, 0.3) is 0 Å². The van der Waals surface area contributed by atoms with Crippen LogP contribution in [0.5, 0.6) is 0 Å². The monoisotopic (exact) mass is 362 g/mol. The number of carbonyl (C=O) groups is 2. The first-order chi connectivity index (χ1) is 13.0. The van der Waals surface area contributed by atoms with Crippen LogP contribution in [0.3, 0.4) is 0 Å². The number of H-pyrrole nitrogens is 1. The van der Waals surface area contributed by atoms with Crippen LogP contribution < -0.4 is 5.32 Å². The smallest absolute Gasteiger partial charge is 0.337 e. The van der Waals surface area contributed by atoms with Crippen molar-refractivity contribution < 1.29 is 14.3 Å². The minimum Gasteiger partial charge on any atom is -0.465 e.